The largest absolute Gasteiger partial charge is 0.295 e. The number of hydrogen-bond donors (Lipinski definition) is 0. The van der Waals surface area contributed by atoms with Gasteiger partial charge in [-0.3, -0.25) is 4.79 Å². The number of allylic oxidation sites excluding steroid dienone is 2. The number of carbonyl (C=O) groups excluding carboxylic acids is 1. The summed E-state index contributed by atoms with van der Waals surface area (Å²) in [5, 5.41) is 0. The van der Waals surface area contributed by atoms with E-state index in [-0.39, 0.29) is 5.41 Å². The van der Waals surface area contributed by atoms with Crippen molar-refractivity contribution in [1.82, 2.24) is 0 Å². The first kappa shape index (κ1) is 7.08. The van der Waals surface area contributed by atoms with Gasteiger partial charge in [-0.1, -0.05) is 19.4 Å². The van der Waals surface area contributed by atoms with Crippen LogP contribution in [-0.2, 0) is 4.79 Å². The van der Waals surface area contributed by atoms with E-state index in [1.807, 2.05) is 6.08 Å². The average Bonchev–Trinajstić information content (AvgIpc) is 1.84. The fourth-order valence-corrected chi connectivity index (χ4v) is 2.61. The molecule has 2 atom stereocenters. The Bertz CT molecular complexity index is 248. The molecule has 3 aliphatic rings. The molecule has 3 rings (SSSR count). The Balaban J connectivity index is 2.42. The molecule has 0 saturated heterocycles. The summed E-state index contributed by atoms with van der Waals surface area (Å²) >= 11 is 0. The third-order valence-corrected chi connectivity index (χ3v) is 3.53. The lowest BCUT2D eigenvalue weighted by Gasteiger charge is -2.54. The second kappa shape index (κ2) is 1.77. The summed E-state index contributed by atoms with van der Waals surface area (Å²) in [6, 6.07) is 0. The normalized spacial score (nSPS) is 39.5. The third kappa shape index (κ3) is 0.688. The van der Waals surface area contributed by atoms with Gasteiger partial charge in [0.15, 0.2) is 5.78 Å². The van der Waals surface area contributed by atoms with Gasteiger partial charge in [0.05, 0.1) is 0 Å². The van der Waals surface area contributed by atoms with E-state index in [9.17, 15) is 4.79 Å². The third-order valence-electron chi connectivity index (χ3n) is 3.53. The van der Waals surface area contributed by atoms with Crippen molar-refractivity contribution in [3.8, 4) is 0 Å². The zero-order valence-electron chi connectivity index (χ0n) is 7.35. The van der Waals surface area contributed by atoms with Crippen LogP contribution in [0.3, 0.4) is 0 Å². The molecular weight excluding hydrogens is 136 g/mol. The Morgan fingerprint density at radius 3 is 2.45 bits per heavy atom. The van der Waals surface area contributed by atoms with E-state index in [1.54, 1.807) is 0 Å². The number of ketones is 1. The molecule has 0 aromatic rings. The monoisotopic (exact) mass is 150 g/mol. The van der Waals surface area contributed by atoms with Gasteiger partial charge in [-0.05, 0) is 30.8 Å². The van der Waals surface area contributed by atoms with Crippen LogP contribution in [0.4, 0.5) is 0 Å². The van der Waals surface area contributed by atoms with Crippen LogP contribution in [0.5, 0.6) is 0 Å². The predicted molar refractivity (Wildman–Crippen MR) is 44.1 cm³/mol. The molecule has 0 amide bonds. The smallest absolute Gasteiger partial charge is 0.159 e. The topological polar surface area (TPSA) is 17.1 Å². The molecule has 0 spiro atoms. The second-order valence-corrected chi connectivity index (χ2v) is 4.45. The minimum absolute atomic E-state index is 0.260. The van der Waals surface area contributed by atoms with Gasteiger partial charge < -0.3 is 0 Å². The van der Waals surface area contributed by atoms with Crippen LogP contribution < -0.4 is 0 Å². The number of fused-ring (bicyclic) bond motifs is 1. The summed E-state index contributed by atoms with van der Waals surface area (Å²) in [6.07, 6.45) is 2.94. The Morgan fingerprint density at radius 2 is 2.09 bits per heavy atom. The summed E-state index contributed by atoms with van der Waals surface area (Å²) in [5.41, 5.74) is 1.55. The lowest BCUT2D eigenvalue weighted by molar-refractivity contribution is -0.133. The summed E-state index contributed by atoms with van der Waals surface area (Å²) in [6.45, 7) is 6.50. The lowest BCUT2D eigenvalue weighted by atomic mass is 9.49. The number of rotatable bonds is 0. The maximum Gasteiger partial charge on any atom is 0.159 e. The van der Waals surface area contributed by atoms with Gasteiger partial charge in [0, 0.05) is 5.92 Å². The first-order valence-corrected chi connectivity index (χ1v) is 4.25. The fraction of sp³-hybridized carbons (Fsp3) is 0.700. The zero-order chi connectivity index (χ0) is 8.22. The van der Waals surface area contributed by atoms with Crippen molar-refractivity contribution in [2.45, 2.75) is 27.2 Å². The van der Waals surface area contributed by atoms with Crippen LogP contribution in [0.1, 0.15) is 27.2 Å². The van der Waals surface area contributed by atoms with E-state index >= 15 is 0 Å². The highest BCUT2D eigenvalue weighted by molar-refractivity contribution is 5.95. The molecule has 1 unspecified atom stereocenters. The van der Waals surface area contributed by atoms with Crippen molar-refractivity contribution >= 4 is 5.78 Å². The quantitative estimate of drug-likeness (QED) is 0.517. The molecule has 60 valence electrons. The van der Waals surface area contributed by atoms with Gasteiger partial charge in [0.2, 0.25) is 0 Å². The average molecular weight is 150 g/mol. The molecule has 3 aliphatic carbocycles. The molecule has 0 aliphatic heterocycles. The van der Waals surface area contributed by atoms with Crippen LogP contribution in [0.25, 0.3) is 0 Å². The Hall–Kier alpha value is -0.590. The van der Waals surface area contributed by atoms with Crippen molar-refractivity contribution in [2.24, 2.45) is 17.3 Å². The highest BCUT2D eigenvalue weighted by atomic mass is 16.1. The summed E-state index contributed by atoms with van der Waals surface area (Å²) in [7, 11) is 0. The number of hydrogen-bond acceptors (Lipinski definition) is 1. The standard InChI is InChI=1S/C10H14O/c1-6-4-9(11)8-5-7(6)10(8,2)3/h4,7-8H,5H2,1-3H3/t7-,8?/m0/s1. The van der Waals surface area contributed by atoms with E-state index in [2.05, 4.69) is 20.8 Å². The minimum atomic E-state index is 0.260. The van der Waals surface area contributed by atoms with Gasteiger partial charge in [-0.25, -0.2) is 0 Å². The molecule has 1 nitrogen and oxygen atoms in total. The van der Waals surface area contributed by atoms with Crippen molar-refractivity contribution < 1.29 is 4.79 Å². The van der Waals surface area contributed by atoms with Gasteiger partial charge in [0.1, 0.15) is 0 Å². The van der Waals surface area contributed by atoms with Gasteiger partial charge in [-0.2, -0.15) is 0 Å². The van der Waals surface area contributed by atoms with E-state index in [0.29, 0.717) is 17.6 Å². The van der Waals surface area contributed by atoms with Crippen LogP contribution in [-0.4, -0.2) is 5.78 Å². The molecule has 11 heavy (non-hydrogen) atoms. The minimum Gasteiger partial charge on any atom is -0.295 e. The van der Waals surface area contributed by atoms with Gasteiger partial charge in [0.25, 0.3) is 0 Å². The first-order chi connectivity index (χ1) is 5.03. The van der Waals surface area contributed by atoms with Crippen molar-refractivity contribution in [3.05, 3.63) is 11.6 Å². The summed E-state index contributed by atoms with van der Waals surface area (Å²) in [5.74, 6) is 1.37. The summed E-state index contributed by atoms with van der Waals surface area (Å²) in [4.78, 5) is 11.4. The molecule has 0 aromatic heterocycles. The molecule has 0 radical (unpaired) electrons. The van der Waals surface area contributed by atoms with Gasteiger partial charge in [-0.15, -0.1) is 0 Å². The van der Waals surface area contributed by atoms with E-state index in [0.717, 1.165) is 6.42 Å². The second-order valence-electron chi connectivity index (χ2n) is 4.45. The highest BCUT2D eigenvalue weighted by Gasteiger charge is 2.54. The van der Waals surface area contributed by atoms with Gasteiger partial charge >= 0.3 is 0 Å². The SMILES string of the molecule is CC1=CC(=O)C2C[C@@H]1C2(C)C. The lowest BCUT2D eigenvalue weighted by Crippen LogP contribution is -2.51. The molecule has 0 aromatic carbocycles. The maximum atomic E-state index is 11.4. The molecule has 2 bridgehead atoms. The molecule has 1 heteroatoms. The molecule has 0 heterocycles. The first-order valence-electron chi connectivity index (χ1n) is 4.25. The molecule has 1 saturated carbocycles. The van der Waals surface area contributed by atoms with Crippen molar-refractivity contribution in [2.75, 3.05) is 0 Å². The Morgan fingerprint density at radius 1 is 1.45 bits per heavy atom. The Labute approximate surface area is 67.5 Å². The van der Waals surface area contributed by atoms with E-state index in [4.69, 9.17) is 0 Å². The van der Waals surface area contributed by atoms with Crippen molar-refractivity contribution in [1.29, 1.82) is 0 Å². The molecule has 1 fully saturated rings. The predicted octanol–water partition coefficient (Wildman–Crippen LogP) is 2.18. The maximum absolute atomic E-state index is 11.4. The highest BCUT2D eigenvalue weighted by Crippen LogP contribution is 2.57. The summed E-state index contributed by atoms with van der Waals surface area (Å²) < 4.78 is 0. The van der Waals surface area contributed by atoms with Crippen LogP contribution in [0, 0.1) is 17.3 Å². The van der Waals surface area contributed by atoms with E-state index in [1.165, 1.54) is 5.57 Å². The van der Waals surface area contributed by atoms with Crippen LogP contribution in [0.2, 0.25) is 0 Å². The van der Waals surface area contributed by atoms with E-state index < -0.39 is 0 Å². The van der Waals surface area contributed by atoms with Crippen LogP contribution in [0.15, 0.2) is 11.6 Å². The van der Waals surface area contributed by atoms with Crippen molar-refractivity contribution in [3.63, 3.8) is 0 Å². The Kier molecular flexibility index (Phi) is 1.14. The number of carbonyl (C=O) groups is 1. The van der Waals surface area contributed by atoms with Crippen LogP contribution >= 0.6 is 0 Å². The fourth-order valence-electron chi connectivity index (χ4n) is 2.61. The molecular formula is C10H14O. The zero-order valence-corrected chi connectivity index (χ0v) is 7.35. The molecule has 0 N–H and O–H groups in total.